The summed E-state index contributed by atoms with van der Waals surface area (Å²) in [5, 5.41) is 3.72. The summed E-state index contributed by atoms with van der Waals surface area (Å²) in [5.74, 6) is -0.145. The summed E-state index contributed by atoms with van der Waals surface area (Å²) >= 11 is 11.9. The maximum Gasteiger partial charge on any atom is 0.251 e. The molecule has 0 aromatic heterocycles. The summed E-state index contributed by atoms with van der Waals surface area (Å²) < 4.78 is 0. The number of nitrogens with one attached hydrogen (secondary N) is 1. The van der Waals surface area contributed by atoms with E-state index in [-0.39, 0.29) is 17.4 Å². The van der Waals surface area contributed by atoms with E-state index in [1.807, 2.05) is 0 Å². The zero-order valence-corrected chi connectivity index (χ0v) is 13.3. The molecule has 1 aliphatic carbocycles. The second kappa shape index (κ2) is 5.82. The van der Waals surface area contributed by atoms with Gasteiger partial charge in [0.25, 0.3) is 5.91 Å². The van der Waals surface area contributed by atoms with E-state index in [2.05, 4.69) is 19.2 Å². The fourth-order valence-electron chi connectivity index (χ4n) is 2.72. The SMILES string of the molecule is CC1(C)CCCCC1NC(=O)c1cc(Cl)c(N)c(Cl)c1. The number of nitrogens with two attached hydrogens (primary N) is 1. The second-order valence-electron chi connectivity index (χ2n) is 6.11. The van der Waals surface area contributed by atoms with Gasteiger partial charge in [0, 0.05) is 11.6 Å². The Hall–Kier alpha value is -0.930. The Morgan fingerprint density at radius 1 is 1.30 bits per heavy atom. The van der Waals surface area contributed by atoms with Gasteiger partial charge in [0.15, 0.2) is 0 Å². The molecule has 1 unspecified atom stereocenters. The van der Waals surface area contributed by atoms with E-state index in [0.717, 1.165) is 19.3 Å². The van der Waals surface area contributed by atoms with Crippen LogP contribution in [0, 0.1) is 5.41 Å². The highest BCUT2D eigenvalue weighted by molar-refractivity contribution is 6.39. The molecular formula is C15H20Cl2N2O. The summed E-state index contributed by atoms with van der Waals surface area (Å²) in [4.78, 5) is 12.3. The molecule has 0 saturated heterocycles. The standard InChI is InChI=1S/C15H20Cl2N2O/c1-15(2)6-4-3-5-12(15)19-14(20)9-7-10(16)13(18)11(17)8-9/h7-8,12H,3-6,18H2,1-2H3,(H,19,20). The third kappa shape index (κ3) is 3.21. The Morgan fingerprint density at radius 3 is 2.45 bits per heavy atom. The number of hydrogen-bond donors (Lipinski definition) is 2. The van der Waals surface area contributed by atoms with Crippen LogP contribution >= 0.6 is 23.2 Å². The zero-order valence-electron chi connectivity index (χ0n) is 11.8. The number of amides is 1. The van der Waals surface area contributed by atoms with E-state index < -0.39 is 0 Å². The second-order valence-corrected chi connectivity index (χ2v) is 6.93. The van der Waals surface area contributed by atoms with Crippen molar-refractivity contribution in [2.24, 2.45) is 5.41 Å². The lowest BCUT2D eigenvalue weighted by Crippen LogP contribution is -2.46. The van der Waals surface area contributed by atoms with E-state index in [1.165, 1.54) is 6.42 Å². The van der Waals surface area contributed by atoms with E-state index in [4.69, 9.17) is 28.9 Å². The summed E-state index contributed by atoms with van der Waals surface area (Å²) in [6, 6.07) is 3.31. The lowest BCUT2D eigenvalue weighted by atomic mass is 9.73. The molecule has 3 nitrogen and oxygen atoms in total. The maximum absolute atomic E-state index is 12.3. The highest BCUT2D eigenvalue weighted by atomic mass is 35.5. The van der Waals surface area contributed by atoms with Crippen molar-refractivity contribution in [2.75, 3.05) is 5.73 Å². The van der Waals surface area contributed by atoms with Gasteiger partial charge >= 0.3 is 0 Å². The van der Waals surface area contributed by atoms with Gasteiger partial charge in [0.1, 0.15) is 0 Å². The van der Waals surface area contributed by atoms with Crippen molar-refractivity contribution in [1.29, 1.82) is 0 Å². The fraction of sp³-hybridized carbons (Fsp3) is 0.533. The van der Waals surface area contributed by atoms with Crippen molar-refractivity contribution < 1.29 is 4.79 Å². The van der Waals surface area contributed by atoms with Crippen molar-refractivity contribution in [3.8, 4) is 0 Å². The fourth-order valence-corrected chi connectivity index (χ4v) is 3.21. The minimum Gasteiger partial charge on any atom is -0.396 e. The average molecular weight is 315 g/mol. The molecule has 1 saturated carbocycles. The first-order valence-corrected chi connectivity index (χ1v) is 7.62. The van der Waals surface area contributed by atoms with Gasteiger partial charge in [-0.1, -0.05) is 49.9 Å². The van der Waals surface area contributed by atoms with Crippen molar-refractivity contribution in [3.63, 3.8) is 0 Å². The average Bonchev–Trinajstić information content (AvgIpc) is 2.37. The van der Waals surface area contributed by atoms with Crippen molar-refractivity contribution in [3.05, 3.63) is 27.7 Å². The first kappa shape index (κ1) is 15.5. The number of nitrogen functional groups attached to an aromatic ring is 1. The lowest BCUT2D eigenvalue weighted by molar-refractivity contribution is 0.0853. The molecule has 1 aliphatic rings. The van der Waals surface area contributed by atoms with Gasteiger partial charge in [-0.3, -0.25) is 4.79 Å². The predicted octanol–water partition coefficient (Wildman–Crippen LogP) is 4.27. The minimum atomic E-state index is -0.145. The number of carbonyl (C=O) groups is 1. The van der Waals surface area contributed by atoms with Gasteiger partial charge in [-0.05, 0) is 30.4 Å². The van der Waals surface area contributed by atoms with Crippen molar-refractivity contribution >= 4 is 34.8 Å². The molecule has 0 heterocycles. The predicted molar refractivity (Wildman–Crippen MR) is 84.4 cm³/mol. The van der Waals surface area contributed by atoms with Crippen molar-refractivity contribution in [2.45, 2.75) is 45.6 Å². The Morgan fingerprint density at radius 2 is 1.90 bits per heavy atom. The molecule has 1 aromatic carbocycles. The van der Waals surface area contributed by atoms with Crippen LogP contribution in [0.1, 0.15) is 49.9 Å². The molecule has 2 rings (SSSR count). The number of halogens is 2. The molecular weight excluding hydrogens is 295 g/mol. The molecule has 110 valence electrons. The molecule has 5 heteroatoms. The molecule has 1 fully saturated rings. The summed E-state index contributed by atoms with van der Waals surface area (Å²) in [6.45, 7) is 4.39. The molecule has 0 spiro atoms. The van der Waals surface area contributed by atoms with E-state index in [1.54, 1.807) is 12.1 Å². The summed E-state index contributed by atoms with van der Waals surface area (Å²) in [5.41, 5.74) is 6.57. The quantitative estimate of drug-likeness (QED) is 0.801. The Balaban J connectivity index is 2.16. The smallest absolute Gasteiger partial charge is 0.251 e. The van der Waals surface area contributed by atoms with Gasteiger partial charge in [-0.2, -0.15) is 0 Å². The third-order valence-corrected chi connectivity index (χ3v) is 4.78. The number of benzene rings is 1. The van der Waals surface area contributed by atoms with Gasteiger partial charge in [-0.15, -0.1) is 0 Å². The van der Waals surface area contributed by atoms with Crippen LogP contribution in [0.4, 0.5) is 5.69 Å². The van der Waals surface area contributed by atoms with Crippen LogP contribution in [0.15, 0.2) is 12.1 Å². The van der Waals surface area contributed by atoms with E-state index in [9.17, 15) is 4.79 Å². The molecule has 1 aromatic rings. The number of rotatable bonds is 2. The molecule has 3 N–H and O–H groups in total. The van der Waals surface area contributed by atoms with Gasteiger partial charge in [-0.25, -0.2) is 0 Å². The van der Waals surface area contributed by atoms with E-state index in [0.29, 0.717) is 21.3 Å². The largest absolute Gasteiger partial charge is 0.396 e. The molecule has 0 radical (unpaired) electrons. The molecule has 0 aliphatic heterocycles. The highest BCUT2D eigenvalue weighted by Gasteiger charge is 2.33. The first-order chi connectivity index (χ1) is 9.31. The zero-order chi connectivity index (χ0) is 14.9. The first-order valence-electron chi connectivity index (χ1n) is 6.86. The summed E-state index contributed by atoms with van der Waals surface area (Å²) in [6.07, 6.45) is 4.51. The topological polar surface area (TPSA) is 55.1 Å². The van der Waals surface area contributed by atoms with Crippen LogP contribution in [0.5, 0.6) is 0 Å². The van der Waals surface area contributed by atoms with Crippen LogP contribution in [-0.4, -0.2) is 11.9 Å². The normalized spacial score (nSPS) is 21.5. The van der Waals surface area contributed by atoms with Crippen LogP contribution < -0.4 is 11.1 Å². The molecule has 20 heavy (non-hydrogen) atoms. The van der Waals surface area contributed by atoms with Crippen LogP contribution in [0.3, 0.4) is 0 Å². The monoisotopic (exact) mass is 314 g/mol. The highest BCUT2D eigenvalue weighted by Crippen LogP contribution is 2.36. The number of anilines is 1. The summed E-state index contributed by atoms with van der Waals surface area (Å²) in [7, 11) is 0. The molecule has 0 bridgehead atoms. The number of carbonyl (C=O) groups excluding carboxylic acids is 1. The third-order valence-electron chi connectivity index (χ3n) is 4.15. The van der Waals surface area contributed by atoms with Gasteiger partial charge in [0.05, 0.1) is 15.7 Å². The van der Waals surface area contributed by atoms with Crippen LogP contribution in [0.2, 0.25) is 10.0 Å². The van der Waals surface area contributed by atoms with Gasteiger partial charge < -0.3 is 11.1 Å². The maximum atomic E-state index is 12.3. The molecule has 1 atom stereocenters. The Labute approximate surface area is 129 Å². The Kier molecular flexibility index (Phi) is 4.50. The molecule has 1 amide bonds. The lowest BCUT2D eigenvalue weighted by Gasteiger charge is -2.39. The Bertz CT molecular complexity index is 506. The van der Waals surface area contributed by atoms with Crippen molar-refractivity contribution in [1.82, 2.24) is 5.32 Å². The van der Waals surface area contributed by atoms with E-state index >= 15 is 0 Å². The van der Waals surface area contributed by atoms with Gasteiger partial charge in [0.2, 0.25) is 0 Å². The number of hydrogen-bond acceptors (Lipinski definition) is 2. The van der Waals surface area contributed by atoms with Crippen LogP contribution in [0.25, 0.3) is 0 Å². The van der Waals surface area contributed by atoms with Crippen LogP contribution in [-0.2, 0) is 0 Å². The minimum absolute atomic E-state index is 0.120.